The van der Waals surface area contributed by atoms with Gasteiger partial charge in [-0.3, -0.25) is 14.8 Å². The Labute approximate surface area is 126 Å². The second kappa shape index (κ2) is 7.04. The third-order valence-corrected chi connectivity index (χ3v) is 4.31. The number of H-pyrrole nitrogens is 1. The Kier molecular flexibility index (Phi) is 5.36. The molecule has 0 spiro atoms. The lowest BCUT2D eigenvalue weighted by Crippen LogP contribution is -2.60. The van der Waals surface area contributed by atoms with Gasteiger partial charge in [-0.1, -0.05) is 0 Å². The summed E-state index contributed by atoms with van der Waals surface area (Å²) in [7, 11) is 0. The quantitative estimate of drug-likeness (QED) is 0.666. The lowest BCUT2D eigenvalue weighted by Gasteiger charge is -2.39. The Morgan fingerprint density at radius 3 is 2.76 bits per heavy atom. The highest BCUT2D eigenvalue weighted by molar-refractivity contribution is 5.85. The van der Waals surface area contributed by atoms with Crippen LogP contribution in [-0.4, -0.2) is 59.3 Å². The summed E-state index contributed by atoms with van der Waals surface area (Å²) in [5, 5.41) is 13.3. The van der Waals surface area contributed by atoms with Gasteiger partial charge in [0.2, 0.25) is 5.91 Å². The van der Waals surface area contributed by atoms with Gasteiger partial charge in [-0.15, -0.1) is 0 Å². The lowest BCUT2D eigenvalue weighted by molar-refractivity contribution is -0.132. The lowest BCUT2D eigenvalue weighted by atomic mass is 10.0. The number of carbonyl (C=O) groups is 1. The van der Waals surface area contributed by atoms with E-state index in [4.69, 9.17) is 0 Å². The van der Waals surface area contributed by atoms with Crippen molar-refractivity contribution in [1.29, 1.82) is 0 Å². The number of nitrogens with zero attached hydrogens (tertiary/aromatic N) is 2. The van der Waals surface area contributed by atoms with Crippen LogP contribution in [0.25, 0.3) is 0 Å². The molecule has 21 heavy (non-hydrogen) atoms. The van der Waals surface area contributed by atoms with Crippen molar-refractivity contribution < 1.29 is 4.79 Å². The molecular weight excluding hydrogens is 266 g/mol. The summed E-state index contributed by atoms with van der Waals surface area (Å²) in [6.07, 6.45) is 3.74. The summed E-state index contributed by atoms with van der Waals surface area (Å²) >= 11 is 0. The maximum absolute atomic E-state index is 12.4. The predicted molar refractivity (Wildman–Crippen MR) is 83.2 cm³/mol. The SMILES string of the molecule is Cc1[nH]ncc1CCCNC(=O)C(C)(C)N1CCNCC1. The van der Waals surface area contributed by atoms with Gasteiger partial charge in [-0.25, -0.2) is 0 Å². The van der Waals surface area contributed by atoms with Gasteiger partial charge >= 0.3 is 0 Å². The summed E-state index contributed by atoms with van der Waals surface area (Å²) in [5.74, 6) is 0.119. The van der Waals surface area contributed by atoms with Crippen LogP contribution in [0.4, 0.5) is 0 Å². The number of aryl methyl sites for hydroxylation is 2. The van der Waals surface area contributed by atoms with Crippen LogP contribution in [0.1, 0.15) is 31.5 Å². The van der Waals surface area contributed by atoms with Gasteiger partial charge in [-0.05, 0) is 39.2 Å². The van der Waals surface area contributed by atoms with E-state index in [1.807, 2.05) is 27.0 Å². The van der Waals surface area contributed by atoms with Gasteiger partial charge in [0.05, 0.1) is 11.7 Å². The second-order valence-corrected chi connectivity index (χ2v) is 6.18. The number of rotatable bonds is 6. The van der Waals surface area contributed by atoms with Crippen LogP contribution in [0.3, 0.4) is 0 Å². The minimum absolute atomic E-state index is 0.119. The van der Waals surface area contributed by atoms with Crippen molar-refractivity contribution in [2.45, 2.75) is 39.2 Å². The monoisotopic (exact) mass is 293 g/mol. The van der Waals surface area contributed by atoms with Crippen LogP contribution in [0.15, 0.2) is 6.20 Å². The molecule has 118 valence electrons. The highest BCUT2D eigenvalue weighted by Gasteiger charge is 2.34. The molecule has 0 unspecified atom stereocenters. The van der Waals surface area contributed by atoms with E-state index >= 15 is 0 Å². The molecule has 0 aliphatic carbocycles. The van der Waals surface area contributed by atoms with Crippen LogP contribution in [0.2, 0.25) is 0 Å². The Hall–Kier alpha value is -1.40. The molecule has 3 N–H and O–H groups in total. The average Bonchev–Trinajstić information content (AvgIpc) is 2.89. The van der Waals surface area contributed by atoms with Crippen LogP contribution < -0.4 is 10.6 Å². The highest BCUT2D eigenvalue weighted by Crippen LogP contribution is 2.15. The molecule has 0 atom stereocenters. The first kappa shape index (κ1) is 16.0. The molecule has 0 saturated carbocycles. The zero-order valence-electron chi connectivity index (χ0n) is 13.3. The predicted octanol–water partition coefficient (Wildman–Crippen LogP) is 0.451. The van der Waals surface area contributed by atoms with Gasteiger partial charge in [0.1, 0.15) is 0 Å². The topological polar surface area (TPSA) is 73.0 Å². The van der Waals surface area contributed by atoms with E-state index in [1.165, 1.54) is 5.56 Å². The largest absolute Gasteiger partial charge is 0.354 e. The first-order valence-corrected chi connectivity index (χ1v) is 7.74. The summed E-state index contributed by atoms with van der Waals surface area (Å²) in [6.45, 7) is 10.5. The van der Waals surface area contributed by atoms with E-state index in [1.54, 1.807) is 0 Å². The summed E-state index contributed by atoms with van der Waals surface area (Å²) in [4.78, 5) is 14.6. The number of amides is 1. The van der Waals surface area contributed by atoms with Crippen LogP contribution in [0, 0.1) is 6.92 Å². The summed E-state index contributed by atoms with van der Waals surface area (Å²) in [5.41, 5.74) is 1.90. The number of aromatic amines is 1. The van der Waals surface area contributed by atoms with Crippen molar-refractivity contribution in [2.24, 2.45) is 0 Å². The van der Waals surface area contributed by atoms with Gasteiger partial charge in [-0.2, -0.15) is 5.10 Å². The molecule has 1 aromatic heterocycles. The number of nitrogens with one attached hydrogen (secondary N) is 3. The van der Waals surface area contributed by atoms with Crippen molar-refractivity contribution in [2.75, 3.05) is 32.7 Å². The van der Waals surface area contributed by atoms with Crippen molar-refractivity contribution >= 4 is 5.91 Å². The summed E-state index contributed by atoms with van der Waals surface area (Å²) < 4.78 is 0. The van der Waals surface area contributed by atoms with E-state index in [-0.39, 0.29) is 5.91 Å². The molecule has 6 nitrogen and oxygen atoms in total. The zero-order valence-corrected chi connectivity index (χ0v) is 13.3. The van der Waals surface area contributed by atoms with Gasteiger partial charge in [0, 0.05) is 38.4 Å². The second-order valence-electron chi connectivity index (χ2n) is 6.18. The number of hydrogen-bond acceptors (Lipinski definition) is 4. The third-order valence-electron chi connectivity index (χ3n) is 4.31. The number of aromatic nitrogens is 2. The fourth-order valence-electron chi connectivity index (χ4n) is 2.69. The highest BCUT2D eigenvalue weighted by atomic mass is 16.2. The van der Waals surface area contributed by atoms with Crippen molar-refractivity contribution in [1.82, 2.24) is 25.7 Å². The maximum Gasteiger partial charge on any atom is 0.239 e. The molecule has 1 aromatic rings. The molecule has 1 fully saturated rings. The van der Waals surface area contributed by atoms with Crippen molar-refractivity contribution in [3.63, 3.8) is 0 Å². The Bertz CT molecular complexity index is 462. The zero-order chi connectivity index (χ0) is 15.3. The molecule has 0 aromatic carbocycles. The molecule has 1 aliphatic rings. The summed E-state index contributed by atoms with van der Waals surface area (Å²) in [6, 6.07) is 0. The van der Waals surface area contributed by atoms with Crippen molar-refractivity contribution in [3.8, 4) is 0 Å². The fourth-order valence-corrected chi connectivity index (χ4v) is 2.69. The normalized spacial score (nSPS) is 16.9. The van der Waals surface area contributed by atoms with E-state index in [0.717, 1.165) is 44.7 Å². The van der Waals surface area contributed by atoms with E-state index in [2.05, 4.69) is 25.7 Å². The van der Waals surface area contributed by atoms with Gasteiger partial charge in [0.25, 0.3) is 0 Å². The minimum atomic E-state index is -0.437. The fraction of sp³-hybridized carbons (Fsp3) is 0.733. The molecule has 2 rings (SSSR count). The average molecular weight is 293 g/mol. The Morgan fingerprint density at radius 1 is 1.43 bits per heavy atom. The maximum atomic E-state index is 12.4. The van der Waals surface area contributed by atoms with Crippen LogP contribution in [0.5, 0.6) is 0 Å². The van der Waals surface area contributed by atoms with Crippen molar-refractivity contribution in [3.05, 3.63) is 17.5 Å². The van der Waals surface area contributed by atoms with E-state index in [0.29, 0.717) is 6.54 Å². The third kappa shape index (κ3) is 4.04. The van der Waals surface area contributed by atoms with E-state index in [9.17, 15) is 4.79 Å². The van der Waals surface area contributed by atoms with E-state index < -0.39 is 5.54 Å². The minimum Gasteiger partial charge on any atom is -0.354 e. The molecule has 2 heterocycles. The Morgan fingerprint density at radius 2 is 2.14 bits per heavy atom. The van der Waals surface area contributed by atoms with Crippen LogP contribution >= 0.6 is 0 Å². The smallest absolute Gasteiger partial charge is 0.239 e. The molecule has 1 amide bonds. The molecule has 0 bridgehead atoms. The van der Waals surface area contributed by atoms with Gasteiger partial charge < -0.3 is 10.6 Å². The van der Waals surface area contributed by atoms with Crippen LogP contribution in [-0.2, 0) is 11.2 Å². The molecule has 1 saturated heterocycles. The standard InChI is InChI=1S/C15H27N5O/c1-12-13(11-18-19-12)5-4-6-17-14(21)15(2,3)20-9-7-16-8-10-20/h11,16H,4-10H2,1-3H3,(H,17,21)(H,18,19). The number of carbonyl (C=O) groups excluding carboxylic acids is 1. The first-order valence-electron chi connectivity index (χ1n) is 7.74. The first-order chi connectivity index (χ1) is 10.0. The Balaban J connectivity index is 1.74. The number of piperazine rings is 1. The molecular formula is C15H27N5O. The van der Waals surface area contributed by atoms with Gasteiger partial charge in [0.15, 0.2) is 0 Å². The number of hydrogen-bond donors (Lipinski definition) is 3. The molecule has 1 aliphatic heterocycles. The molecule has 6 heteroatoms. The molecule has 0 radical (unpaired) electrons.